The van der Waals surface area contributed by atoms with E-state index in [4.69, 9.17) is 10.5 Å². The van der Waals surface area contributed by atoms with Crippen molar-refractivity contribution in [3.63, 3.8) is 0 Å². The number of anilines is 1. The molecule has 1 aromatic rings. The summed E-state index contributed by atoms with van der Waals surface area (Å²) in [5.41, 5.74) is 7.63. The zero-order valence-corrected chi connectivity index (χ0v) is 13.1. The van der Waals surface area contributed by atoms with Gasteiger partial charge in [0.2, 0.25) is 5.91 Å². The van der Waals surface area contributed by atoms with Gasteiger partial charge < -0.3 is 20.7 Å². The Balaban J connectivity index is 2.77. The third-order valence-electron chi connectivity index (χ3n) is 3.26. The lowest BCUT2D eigenvalue weighted by Crippen LogP contribution is -2.35. The van der Waals surface area contributed by atoms with Gasteiger partial charge in [0.05, 0.1) is 13.2 Å². The topological polar surface area (TPSA) is 67.6 Å². The molecule has 1 amide bonds. The van der Waals surface area contributed by atoms with Crippen molar-refractivity contribution in [2.24, 2.45) is 5.73 Å². The maximum Gasteiger partial charge on any atom is 0.236 e. The van der Waals surface area contributed by atoms with Crippen LogP contribution in [-0.4, -0.2) is 39.3 Å². The normalized spacial score (nSPS) is 10.6. The van der Waals surface area contributed by atoms with E-state index in [0.29, 0.717) is 6.61 Å². The number of nitrogens with one attached hydrogen (secondary N) is 1. The largest absolute Gasteiger partial charge is 0.383 e. The summed E-state index contributed by atoms with van der Waals surface area (Å²) in [5, 5.41) is 3.34. The van der Waals surface area contributed by atoms with Crippen molar-refractivity contribution < 1.29 is 9.53 Å². The van der Waals surface area contributed by atoms with Gasteiger partial charge in [0, 0.05) is 32.4 Å². The highest BCUT2D eigenvalue weighted by atomic mass is 16.5. The fraction of sp³-hybridized carbons (Fsp3) is 0.562. The highest BCUT2D eigenvalue weighted by molar-refractivity contribution is 5.80. The van der Waals surface area contributed by atoms with Gasteiger partial charge in [-0.3, -0.25) is 4.79 Å². The second-order valence-electron chi connectivity index (χ2n) is 5.04. The fourth-order valence-electron chi connectivity index (χ4n) is 2.19. The third kappa shape index (κ3) is 6.60. The number of methoxy groups -OCH3 is 1. The van der Waals surface area contributed by atoms with Crippen LogP contribution in [0.2, 0.25) is 0 Å². The number of hydrogen-bond acceptors (Lipinski definition) is 4. The predicted octanol–water partition coefficient (Wildman–Crippen LogP) is 1.51. The molecule has 0 fully saturated rings. The van der Waals surface area contributed by atoms with Gasteiger partial charge in [-0.05, 0) is 18.1 Å². The zero-order chi connectivity index (χ0) is 15.5. The smallest absolute Gasteiger partial charge is 0.236 e. The molecular weight excluding hydrogens is 266 g/mol. The molecule has 1 rings (SSSR count). The van der Waals surface area contributed by atoms with Crippen LogP contribution < -0.4 is 16.0 Å². The maximum absolute atomic E-state index is 11.3. The van der Waals surface area contributed by atoms with Crippen LogP contribution in [0, 0.1) is 0 Å². The average molecular weight is 293 g/mol. The molecule has 3 N–H and O–H groups in total. The van der Waals surface area contributed by atoms with E-state index in [0.717, 1.165) is 38.2 Å². The summed E-state index contributed by atoms with van der Waals surface area (Å²) in [4.78, 5) is 13.4. The van der Waals surface area contributed by atoms with E-state index in [1.165, 1.54) is 5.56 Å². The number of carbonyl (C=O) groups is 1. The SMILES string of the molecule is CCCCN(CC(N)=O)c1ccccc1CNCCOC. The Morgan fingerprint density at radius 2 is 2.14 bits per heavy atom. The quantitative estimate of drug-likeness (QED) is 0.607. The molecule has 0 aromatic heterocycles. The standard InChI is InChI=1S/C16H27N3O2/c1-3-4-10-19(13-16(17)20)15-8-6-5-7-14(15)12-18-9-11-21-2/h5-8,18H,3-4,9-13H2,1-2H3,(H2,17,20). The first-order valence-electron chi connectivity index (χ1n) is 7.49. The monoisotopic (exact) mass is 293 g/mol. The molecule has 0 saturated carbocycles. The molecule has 118 valence electrons. The van der Waals surface area contributed by atoms with Gasteiger partial charge in [0.15, 0.2) is 0 Å². The number of nitrogens with zero attached hydrogens (tertiary/aromatic N) is 1. The lowest BCUT2D eigenvalue weighted by atomic mass is 10.1. The number of para-hydroxylation sites is 1. The van der Waals surface area contributed by atoms with E-state index >= 15 is 0 Å². The van der Waals surface area contributed by atoms with Crippen molar-refractivity contribution in [2.45, 2.75) is 26.3 Å². The number of carbonyl (C=O) groups excluding carboxylic acids is 1. The van der Waals surface area contributed by atoms with Crippen LogP contribution in [0.5, 0.6) is 0 Å². The molecule has 0 aliphatic rings. The Kier molecular flexibility index (Phi) is 8.47. The van der Waals surface area contributed by atoms with Gasteiger partial charge in [-0.1, -0.05) is 31.5 Å². The minimum Gasteiger partial charge on any atom is -0.383 e. The maximum atomic E-state index is 11.3. The number of rotatable bonds is 11. The first-order chi connectivity index (χ1) is 10.2. The Morgan fingerprint density at radius 3 is 2.81 bits per heavy atom. The van der Waals surface area contributed by atoms with Crippen LogP contribution in [-0.2, 0) is 16.1 Å². The Morgan fingerprint density at radius 1 is 1.38 bits per heavy atom. The average Bonchev–Trinajstić information content (AvgIpc) is 2.48. The van der Waals surface area contributed by atoms with E-state index in [1.807, 2.05) is 18.2 Å². The van der Waals surface area contributed by atoms with Gasteiger partial charge >= 0.3 is 0 Å². The van der Waals surface area contributed by atoms with Crippen LogP contribution in [0.3, 0.4) is 0 Å². The van der Waals surface area contributed by atoms with Gasteiger partial charge in [-0.25, -0.2) is 0 Å². The van der Waals surface area contributed by atoms with Crippen molar-refractivity contribution >= 4 is 11.6 Å². The second-order valence-corrected chi connectivity index (χ2v) is 5.04. The summed E-state index contributed by atoms with van der Waals surface area (Å²) in [7, 11) is 1.69. The number of ether oxygens (including phenoxy) is 1. The molecule has 5 heteroatoms. The molecular formula is C16H27N3O2. The fourth-order valence-corrected chi connectivity index (χ4v) is 2.19. The second kappa shape index (κ2) is 10.2. The van der Waals surface area contributed by atoms with Crippen LogP contribution >= 0.6 is 0 Å². The molecule has 0 atom stereocenters. The first kappa shape index (κ1) is 17.5. The molecule has 0 saturated heterocycles. The highest BCUT2D eigenvalue weighted by Crippen LogP contribution is 2.20. The van der Waals surface area contributed by atoms with Crippen LogP contribution in [0.4, 0.5) is 5.69 Å². The number of benzene rings is 1. The van der Waals surface area contributed by atoms with Crippen molar-refractivity contribution in [3.05, 3.63) is 29.8 Å². The first-order valence-corrected chi connectivity index (χ1v) is 7.49. The van der Waals surface area contributed by atoms with Crippen LogP contribution in [0.1, 0.15) is 25.3 Å². The van der Waals surface area contributed by atoms with Crippen molar-refractivity contribution in [3.8, 4) is 0 Å². The molecule has 0 aliphatic heterocycles. The van der Waals surface area contributed by atoms with E-state index in [1.54, 1.807) is 7.11 Å². The summed E-state index contributed by atoms with van der Waals surface area (Å²) in [6.07, 6.45) is 2.13. The van der Waals surface area contributed by atoms with Crippen molar-refractivity contribution in [1.29, 1.82) is 0 Å². The summed E-state index contributed by atoms with van der Waals surface area (Å²) < 4.78 is 5.03. The van der Waals surface area contributed by atoms with Gasteiger partial charge in [0.1, 0.15) is 0 Å². The van der Waals surface area contributed by atoms with Crippen LogP contribution in [0.15, 0.2) is 24.3 Å². The van der Waals surface area contributed by atoms with Gasteiger partial charge in [-0.2, -0.15) is 0 Å². The molecule has 0 heterocycles. The summed E-state index contributed by atoms with van der Waals surface area (Å²) in [6, 6.07) is 8.13. The minimum absolute atomic E-state index is 0.259. The van der Waals surface area contributed by atoms with E-state index in [2.05, 4.69) is 23.2 Å². The number of nitrogens with two attached hydrogens (primary N) is 1. The number of hydrogen-bond donors (Lipinski definition) is 2. The minimum atomic E-state index is -0.298. The van der Waals surface area contributed by atoms with Crippen molar-refractivity contribution in [2.75, 3.05) is 38.3 Å². The molecule has 0 unspecified atom stereocenters. The molecule has 0 spiro atoms. The summed E-state index contributed by atoms with van der Waals surface area (Å²) >= 11 is 0. The lowest BCUT2D eigenvalue weighted by Gasteiger charge is -2.26. The zero-order valence-electron chi connectivity index (χ0n) is 13.1. The molecule has 21 heavy (non-hydrogen) atoms. The molecule has 5 nitrogen and oxygen atoms in total. The Hall–Kier alpha value is -1.59. The molecule has 0 radical (unpaired) electrons. The van der Waals surface area contributed by atoms with E-state index < -0.39 is 0 Å². The molecule has 0 aliphatic carbocycles. The highest BCUT2D eigenvalue weighted by Gasteiger charge is 2.12. The van der Waals surface area contributed by atoms with Gasteiger partial charge in [-0.15, -0.1) is 0 Å². The van der Waals surface area contributed by atoms with E-state index in [9.17, 15) is 4.79 Å². The van der Waals surface area contributed by atoms with Gasteiger partial charge in [0.25, 0.3) is 0 Å². The Labute approximate surface area is 127 Å². The number of amides is 1. The Bertz CT molecular complexity index is 424. The summed E-state index contributed by atoms with van der Waals surface area (Å²) in [6.45, 7) is 5.48. The number of primary amides is 1. The van der Waals surface area contributed by atoms with Crippen LogP contribution in [0.25, 0.3) is 0 Å². The molecule has 0 bridgehead atoms. The molecule has 1 aromatic carbocycles. The third-order valence-corrected chi connectivity index (χ3v) is 3.26. The van der Waals surface area contributed by atoms with Crippen molar-refractivity contribution in [1.82, 2.24) is 5.32 Å². The van der Waals surface area contributed by atoms with E-state index in [-0.39, 0.29) is 12.5 Å². The predicted molar refractivity (Wildman–Crippen MR) is 86.3 cm³/mol. The summed E-state index contributed by atoms with van der Waals surface area (Å²) in [5.74, 6) is -0.298. The number of unbranched alkanes of at least 4 members (excludes halogenated alkanes) is 1. The lowest BCUT2D eigenvalue weighted by molar-refractivity contribution is -0.116.